The SMILES string of the molecule is CC.CC(Sc1ccc(SN(C)C)s1)c1cccc(Cl)c1N1CCC(C)(C)CC1. The Labute approximate surface area is 195 Å². The fraction of sp³-hybridized carbons (Fsp3) is 0.565. The van der Waals surface area contributed by atoms with Gasteiger partial charge in [0, 0.05) is 18.3 Å². The summed E-state index contributed by atoms with van der Waals surface area (Å²) in [5.74, 6) is 0. The van der Waals surface area contributed by atoms with Crippen molar-refractivity contribution in [2.24, 2.45) is 5.41 Å². The van der Waals surface area contributed by atoms with Gasteiger partial charge in [-0.2, -0.15) is 0 Å². The summed E-state index contributed by atoms with van der Waals surface area (Å²) in [7, 11) is 4.16. The fourth-order valence-electron chi connectivity index (χ4n) is 3.36. The number of thiophene rings is 1. The maximum atomic E-state index is 6.69. The fourth-order valence-corrected chi connectivity index (χ4v) is 7.35. The van der Waals surface area contributed by atoms with Crippen molar-refractivity contribution in [3.8, 4) is 0 Å². The van der Waals surface area contributed by atoms with Crippen LogP contribution < -0.4 is 4.90 Å². The van der Waals surface area contributed by atoms with Crippen LogP contribution in [-0.4, -0.2) is 31.5 Å². The van der Waals surface area contributed by atoms with Gasteiger partial charge in [0.25, 0.3) is 0 Å². The number of nitrogens with zero attached hydrogens (tertiary/aromatic N) is 2. The van der Waals surface area contributed by atoms with Crippen molar-refractivity contribution in [3.63, 3.8) is 0 Å². The van der Waals surface area contributed by atoms with Crippen LogP contribution in [0.5, 0.6) is 0 Å². The van der Waals surface area contributed by atoms with Crippen LogP contribution in [0.15, 0.2) is 38.8 Å². The largest absolute Gasteiger partial charge is 0.370 e. The van der Waals surface area contributed by atoms with E-state index in [1.165, 1.54) is 32.5 Å². The second-order valence-corrected chi connectivity index (χ2v) is 12.8. The van der Waals surface area contributed by atoms with Crippen molar-refractivity contribution in [3.05, 3.63) is 40.9 Å². The molecule has 1 atom stereocenters. The van der Waals surface area contributed by atoms with Crippen LogP contribution in [0.3, 0.4) is 0 Å². The maximum Gasteiger partial charge on any atom is 0.0765 e. The second-order valence-electron chi connectivity index (χ2n) is 8.07. The summed E-state index contributed by atoms with van der Waals surface area (Å²) in [5.41, 5.74) is 3.03. The number of rotatable bonds is 6. The lowest BCUT2D eigenvalue weighted by Gasteiger charge is -2.39. The number of thioether (sulfide) groups is 1. The molecule has 2 nitrogen and oxygen atoms in total. The van der Waals surface area contributed by atoms with Crippen LogP contribution >= 0.6 is 46.6 Å². The first-order valence-corrected chi connectivity index (χ1v) is 13.2. The van der Waals surface area contributed by atoms with Gasteiger partial charge in [-0.25, -0.2) is 0 Å². The lowest BCUT2D eigenvalue weighted by atomic mass is 9.82. The number of hydrogen-bond donors (Lipinski definition) is 0. The molecular weight excluding hydrogens is 436 g/mol. The summed E-state index contributed by atoms with van der Waals surface area (Å²) in [4.78, 5) is 2.50. The molecule has 0 N–H and O–H groups in total. The summed E-state index contributed by atoms with van der Waals surface area (Å²) < 4.78 is 4.83. The van der Waals surface area contributed by atoms with Gasteiger partial charge in [0.15, 0.2) is 0 Å². The van der Waals surface area contributed by atoms with E-state index >= 15 is 0 Å². The third kappa shape index (κ3) is 7.10. The molecule has 0 spiro atoms. The van der Waals surface area contributed by atoms with Crippen molar-refractivity contribution >= 4 is 52.3 Å². The van der Waals surface area contributed by atoms with Gasteiger partial charge in [0.05, 0.1) is 19.1 Å². The number of hydrogen-bond acceptors (Lipinski definition) is 5. The van der Waals surface area contributed by atoms with Gasteiger partial charge >= 0.3 is 0 Å². The molecule has 1 aliphatic rings. The highest BCUT2D eigenvalue weighted by Gasteiger charge is 2.28. The molecule has 0 aliphatic carbocycles. The topological polar surface area (TPSA) is 6.48 Å². The number of piperidine rings is 1. The van der Waals surface area contributed by atoms with E-state index in [4.69, 9.17) is 11.6 Å². The van der Waals surface area contributed by atoms with Crippen LogP contribution in [0.4, 0.5) is 5.69 Å². The van der Waals surface area contributed by atoms with Gasteiger partial charge in [-0.05, 0) is 75.0 Å². The monoisotopic (exact) mass is 470 g/mol. The van der Waals surface area contributed by atoms with Crippen molar-refractivity contribution in [1.82, 2.24) is 4.31 Å². The first-order valence-electron chi connectivity index (χ1n) is 10.4. The smallest absolute Gasteiger partial charge is 0.0765 e. The minimum Gasteiger partial charge on any atom is -0.370 e. The molecule has 1 aromatic heterocycles. The van der Waals surface area contributed by atoms with E-state index in [-0.39, 0.29) is 0 Å². The van der Waals surface area contributed by atoms with Crippen molar-refractivity contribution in [2.75, 3.05) is 32.1 Å². The third-order valence-electron chi connectivity index (χ3n) is 5.01. The first-order chi connectivity index (χ1) is 13.7. The predicted molar refractivity (Wildman–Crippen MR) is 136 cm³/mol. The molecule has 1 aliphatic heterocycles. The number of benzene rings is 1. The minimum atomic E-state index is 0.365. The summed E-state index contributed by atoms with van der Waals surface area (Å²) >= 11 is 12.3. The van der Waals surface area contributed by atoms with Crippen LogP contribution in [-0.2, 0) is 0 Å². The molecule has 29 heavy (non-hydrogen) atoms. The van der Waals surface area contributed by atoms with Crippen LogP contribution in [0.25, 0.3) is 0 Å². The molecule has 162 valence electrons. The lowest BCUT2D eigenvalue weighted by molar-refractivity contribution is 0.279. The van der Waals surface area contributed by atoms with E-state index in [0.29, 0.717) is 10.7 Å². The summed E-state index contributed by atoms with van der Waals surface area (Å²) in [6.07, 6.45) is 2.43. The zero-order valence-electron chi connectivity index (χ0n) is 18.8. The van der Waals surface area contributed by atoms with Gasteiger partial charge < -0.3 is 4.90 Å². The van der Waals surface area contributed by atoms with Gasteiger partial charge in [0.1, 0.15) is 0 Å². The van der Waals surface area contributed by atoms with Crippen LogP contribution in [0, 0.1) is 5.41 Å². The minimum absolute atomic E-state index is 0.365. The molecule has 6 heteroatoms. The molecule has 0 radical (unpaired) electrons. The molecular formula is C23H35ClN2S3. The maximum absolute atomic E-state index is 6.69. The van der Waals surface area contributed by atoms with E-state index in [2.05, 4.69) is 68.3 Å². The van der Waals surface area contributed by atoms with E-state index in [9.17, 15) is 0 Å². The highest BCUT2D eigenvalue weighted by atomic mass is 35.5. The Morgan fingerprint density at radius 1 is 1.07 bits per heavy atom. The first kappa shape index (κ1) is 24.9. The van der Waals surface area contributed by atoms with Gasteiger partial charge in [0.2, 0.25) is 0 Å². The second kappa shape index (κ2) is 11.3. The van der Waals surface area contributed by atoms with Gasteiger partial charge in [-0.3, -0.25) is 4.31 Å². The van der Waals surface area contributed by atoms with Crippen LogP contribution in [0.2, 0.25) is 5.02 Å². The number of anilines is 1. The molecule has 0 saturated carbocycles. The zero-order chi connectivity index (χ0) is 21.6. The molecule has 1 saturated heterocycles. The lowest BCUT2D eigenvalue weighted by Crippen LogP contribution is -2.38. The molecule has 0 amide bonds. The molecule has 1 unspecified atom stereocenters. The Morgan fingerprint density at radius 3 is 2.31 bits per heavy atom. The Balaban J connectivity index is 0.00000145. The number of para-hydroxylation sites is 1. The van der Waals surface area contributed by atoms with Crippen molar-refractivity contribution in [2.45, 2.75) is 61.1 Å². The Kier molecular flexibility index (Phi) is 9.75. The molecule has 1 fully saturated rings. The average molecular weight is 471 g/mol. The van der Waals surface area contributed by atoms with E-state index in [1.807, 2.05) is 43.0 Å². The number of halogens is 1. The Morgan fingerprint density at radius 2 is 1.69 bits per heavy atom. The van der Waals surface area contributed by atoms with Gasteiger partial charge in [-0.15, -0.1) is 23.1 Å². The molecule has 1 aromatic carbocycles. The normalized spacial score (nSPS) is 17.1. The Bertz CT molecular complexity index is 763. The predicted octanol–water partition coefficient (Wildman–Crippen LogP) is 8.48. The Hall–Kier alpha value is -0.330. The molecule has 2 aromatic rings. The van der Waals surface area contributed by atoms with Crippen molar-refractivity contribution < 1.29 is 0 Å². The van der Waals surface area contributed by atoms with E-state index in [0.717, 1.165) is 18.1 Å². The summed E-state index contributed by atoms with van der Waals surface area (Å²) in [6.45, 7) is 13.2. The van der Waals surface area contributed by atoms with Crippen molar-refractivity contribution in [1.29, 1.82) is 0 Å². The quantitative estimate of drug-likeness (QED) is 0.308. The van der Waals surface area contributed by atoms with E-state index < -0.39 is 0 Å². The third-order valence-corrected chi connectivity index (χ3v) is 8.66. The van der Waals surface area contributed by atoms with Gasteiger partial charge in [-0.1, -0.05) is 51.4 Å². The standard InChI is InChI=1S/C21H29ClN2S3.C2H6/c1-15(25-18-9-10-19(26-18)27-23(4)5)16-7-6-8-17(22)20(16)24-13-11-21(2,3)12-14-24;1-2/h6-10,15H,11-14H2,1-5H3;1-2H3. The average Bonchev–Trinajstić information content (AvgIpc) is 3.09. The zero-order valence-corrected chi connectivity index (χ0v) is 22.0. The van der Waals surface area contributed by atoms with E-state index in [1.54, 1.807) is 11.9 Å². The molecule has 2 heterocycles. The highest BCUT2D eigenvalue weighted by molar-refractivity contribution is 8.02. The molecule has 3 rings (SSSR count). The highest BCUT2D eigenvalue weighted by Crippen LogP contribution is 2.46. The summed E-state index contributed by atoms with van der Waals surface area (Å²) in [5, 5.41) is 1.25. The van der Waals surface area contributed by atoms with Crippen LogP contribution in [0.1, 0.15) is 58.3 Å². The summed E-state index contributed by atoms with van der Waals surface area (Å²) in [6, 6.07) is 10.8. The molecule has 0 bridgehead atoms.